The Hall–Kier alpha value is -0.330. The molecule has 10 heavy (non-hydrogen) atoms. The van der Waals surface area contributed by atoms with E-state index in [0.717, 1.165) is 6.42 Å². The largest absolute Gasteiger partial charge is 0.291 e. The smallest absolute Gasteiger partial charge is 0.0545 e. The molecule has 0 aromatic heterocycles. The van der Waals surface area contributed by atoms with Crippen molar-refractivity contribution in [1.82, 2.24) is 0 Å². The second-order valence-corrected chi connectivity index (χ2v) is 3.69. The zero-order chi connectivity index (χ0) is 8.20. The van der Waals surface area contributed by atoms with E-state index in [1.54, 1.807) is 0 Å². The third kappa shape index (κ3) is 4.54. The maximum Gasteiger partial charge on any atom is 0.0545 e. The molecular weight excluding hydrogens is 122 g/mol. The second kappa shape index (κ2) is 3.75. The standard InChI is InChI=1S/C9H19N/c1-6-9(4,5)10-7-8(2)3/h7-8H,6H2,1-5H3. The number of nitrogens with zero attached hydrogens (tertiary/aromatic N) is 1. The summed E-state index contributed by atoms with van der Waals surface area (Å²) in [6.45, 7) is 10.8. The molecule has 0 aromatic carbocycles. The Morgan fingerprint density at radius 1 is 1.40 bits per heavy atom. The Kier molecular flexibility index (Phi) is 3.62. The summed E-state index contributed by atoms with van der Waals surface area (Å²) in [4.78, 5) is 4.45. The summed E-state index contributed by atoms with van der Waals surface area (Å²) in [7, 11) is 0. The molecule has 0 saturated carbocycles. The molecule has 0 aliphatic rings. The molecule has 0 heterocycles. The highest BCUT2D eigenvalue weighted by atomic mass is 14.8. The molecule has 0 radical (unpaired) electrons. The van der Waals surface area contributed by atoms with Crippen LogP contribution >= 0.6 is 0 Å². The van der Waals surface area contributed by atoms with Gasteiger partial charge in [0.2, 0.25) is 0 Å². The molecule has 0 bridgehead atoms. The van der Waals surface area contributed by atoms with E-state index in [0.29, 0.717) is 5.92 Å². The fourth-order valence-corrected chi connectivity index (χ4v) is 0.442. The van der Waals surface area contributed by atoms with E-state index < -0.39 is 0 Å². The van der Waals surface area contributed by atoms with E-state index in [9.17, 15) is 0 Å². The maximum atomic E-state index is 4.45. The zero-order valence-corrected chi connectivity index (χ0v) is 7.81. The van der Waals surface area contributed by atoms with Crippen molar-refractivity contribution >= 4 is 6.21 Å². The summed E-state index contributed by atoms with van der Waals surface area (Å²) in [5, 5.41) is 0. The lowest BCUT2D eigenvalue weighted by Gasteiger charge is -2.16. The molecule has 0 rings (SSSR count). The van der Waals surface area contributed by atoms with Gasteiger partial charge in [-0.3, -0.25) is 4.99 Å². The minimum absolute atomic E-state index is 0.143. The van der Waals surface area contributed by atoms with Crippen molar-refractivity contribution in [2.75, 3.05) is 0 Å². The first-order valence-corrected chi connectivity index (χ1v) is 4.03. The second-order valence-electron chi connectivity index (χ2n) is 3.69. The van der Waals surface area contributed by atoms with Crippen molar-refractivity contribution < 1.29 is 0 Å². The van der Waals surface area contributed by atoms with E-state index in [4.69, 9.17) is 0 Å². The average Bonchev–Trinajstić information content (AvgIpc) is 1.85. The van der Waals surface area contributed by atoms with Crippen LogP contribution in [0.4, 0.5) is 0 Å². The molecule has 0 unspecified atom stereocenters. The lowest BCUT2D eigenvalue weighted by Crippen LogP contribution is -2.15. The van der Waals surface area contributed by atoms with Crippen LogP contribution in [0.15, 0.2) is 4.99 Å². The van der Waals surface area contributed by atoms with Gasteiger partial charge in [0, 0.05) is 6.21 Å². The molecular formula is C9H19N. The summed E-state index contributed by atoms with van der Waals surface area (Å²) in [6, 6.07) is 0. The van der Waals surface area contributed by atoms with E-state index in [1.165, 1.54) is 0 Å². The monoisotopic (exact) mass is 141 g/mol. The highest BCUT2D eigenvalue weighted by Gasteiger charge is 2.10. The number of rotatable bonds is 3. The van der Waals surface area contributed by atoms with Crippen LogP contribution in [0.3, 0.4) is 0 Å². The molecule has 60 valence electrons. The topological polar surface area (TPSA) is 12.4 Å². The van der Waals surface area contributed by atoms with Gasteiger partial charge in [0.15, 0.2) is 0 Å². The van der Waals surface area contributed by atoms with Gasteiger partial charge in [-0.1, -0.05) is 20.8 Å². The lowest BCUT2D eigenvalue weighted by molar-refractivity contribution is 0.504. The Labute approximate surface area is 64.6 Å². The first-order chi connectivity index (χ1) is 4.48. The Morgan fingerprint density at radius 3 is 2.20 bits per heavy atom. The van der Waals surface area contributed by atoms with Crippen LogP contribution in [0.25, 0.3) is 0 Å². The molecule has 0 aliphatic carbocycles. The Bertz CT molecular complexity index is 112. The molecule has 0 fully saturated rings. The Morgan fingerprint density at radius 2 is 1.90 bits per heavy atom. The fourth-order valence-electron chi connectivity index (χ4n) is 0.442. The van der Waals surface area contributed by atoms with Crippen molar-refractivity contribution in [3.8, 4) is 0 Å². The fraction of sp³-hybridized carbons (Fsp3) is 0.889. The summed E-state index contributed by atoms with van der Waals surface area (Å²) in [5.41, 5.74) is 0.143. The predicted molar refractivity (Wildman–Crippen MR) is 47.7 cm³/mol. The molecule has 0 aromatic rings. The number of hydrogen-bond acceptors (Lipinski definition) is 1. The minimum Gasteiger partial charge on any atom is -0.291 e. The van der Waals surface area contributed by atoms with Crippen molar-refractivity contribution in [2.24, 2.45) is 10.9 Å². The molecule has 0 aliphatic heterocycles. The average molecular weight is 141 g/mol. The minimum atomic E-state index is 0.143. The van der Waals surface area contributed by atoms with Crippen LogP contribution in [0.5, 0.6) is 0 Å². The first-order valence-electron chi connectivity index (χ1n) is 4.03. The first kappa shape index (κ1) is 9.67. The van der Waals surface area contributed by atoms with Gasteiger partial charge in [0.05, 0.1) is 5.54 Å². The number of aliphatic imine (C=N–C) groups is 1. The third-order valence-electron chi connectivity index (χ3n) is 1.59. The van der Waals surface area contributed by atoms with Crippen LogP contribution in [0.1, 0.15) is 41.0 Å². The zero-order valence-electron chi connectivity index (χ0n) is 7.81. The molecule has 0 spiro atoms. The van der Waals surface area contributed by atoms with Crippen molar-refractivity contribution in [3.63, 3.8) is 0 Å². The van der Waals surface area contributed by atoms with Gasteiger partial charge in [0.25, 0.3) is 0 Å². The Balaban J connectivity index is 3.86. The molecule has 0 saturated heterocycles. The van der Waals surface area contributed by atoms with Crippen molar-refractivity contribution in [1.29, 1.82) is 0 Å². The van der Waals surface area contributed by atoms with Gasteiger partial charge in [0.1, 0.15) is 0 Å². The summed E-state index contributed by atoms with van der Waals surface area (Å²) < 4.78 is 0. The van der Waals surface area contributed by atoms with Gasteiger partial charge in [-0.05, 0) is 26.2 Å². The quantitative estimate of drug-likeness (QED) is 0.536. The SMILES string of the molecule is CCC(C)(C)N=CC(C)C. The van der Waals surface area contributed by atoms with Crippen molar-refractivity contribution in [2.45, 2.75) is 46.6 Å². The summed E-state index contributed by atoms with van der Waals surface area (Å²) in [6.07, 6.45) is 3.14. The third-order valence-corrected chi connectivity index (χ3v) is 1.59. The van der Waals surface area contributed by atoms with Gasteiger partial charge < -0.3 is 0 Å². The molecule has 0 atom stereocenters. The van der Waals surface area contributed by atoms with Gasteiger partial charge >= 0.3 is 0 Å². The van der Waals surface area contributed by atoms with E-state index in [2.05, 4.69) is 39.6 Å². The van der Waals surface area contributed by atoms with Crippen LogP contribution in [-0.4, -0.2) is 11.8 Å². The van der Waals surface area contributed by atoms with E-state index in [1.807, 2.05) is 6.21 Å². The van der Waals surface area contributed by atoms with Crippen molar-refractivity contribution in [3.05, 3.63) is 0 Å². The normalized spacial score (nSPS) is 13.4. The predicted octanol–water partition coefficient (Wildman–Crippen LogP) is 2.90. The van der Waals surface area contributed by atoms with E-state index >= 15 is 0 Å². The molecule has 0 amide bonds. The molecule has 0 N–H and O–H groups in total. The van der Waals surface area contributed by atoms with Crippen LogP contribution in [-0.2, 0) is 0 Å². The summed E-state index contributed by atoms with van der Waals surface area (Å²) in [5.74, 6) is 0.575. The van der Waals surface area contributed by atoms with Crippen LogP contribution < -0.4 is 0 Å². The van der Waals surface area contributed by atoms with Gasteiger partial charge in [-0.25, -0.2) is 0 Å². The van der Waals surface area contributed by atoms with Gasteiger partial charge in [-0.15, -0.1) is 0 Å². The lowest BCUT2D eigenvalue weighted by atomic mass is 10.0. The summed E-state index contributed by atoms with van der Waals surface area (Å²) >= 11 is 0. The van der Waals surface area contributed by atoms with Crippen LogP contribution in [0.2, 0.25) is 0 Å². The highest BCUT2D eigenvalue weighted by Crippen LogP contribution is 2.12. The molecule has 1 heteroatoms. The van der Waals surface area contributed by atoms with Gasteiger partial charge in [-0.2, -0.15) is 0 Å². The highest BCUT2D eigenvalue weighted by molar-refractivity contribution is 5.60. The maximum absolute atomic E-state index is 4.45. The number of hydrogen-bond donors (Lipinski definition) is 0. The van der Waals surface area contributed by atoms with E-state index in [-0.39, 0.29) is 5.54 Å². The molecule has 1 nitrogen and oxygen atoms in total. The van der Waals surface area contributed by atoms with Crippen LogP contribution in [0, 0.1) is 5.92 Å².